The second-order valence-corrected chi connectivity index (χ2v) is 5.54. The normalized spacial score (nSPS) is 11.0. The summed E-state index contributed by atoms with van der Waals surface area (Å²) < 4.78 is 1.05. The van der Waals surface area contributed by atoms with Crippen molar-refractivity contribution in [2.24, 2.45) is 0 Å². The number of hydrogen-bond donors (Lipinski definition) is 0. The highest BCUT2D eigenvalue weighted by atomic mass is 79.9. The number of unbranched alkanes of at least 4 members (excludes halogenated alkanes) is 1. The van der Waals surface area contributed by atoms with Crippen molar-refractivity contribution in [1.82, 2.24) is 0 Å². The van der Waals surface area contributed by atoms with Crippen molar-refractivity contribution in [3.8, 4) is 0 Å². The fourth-order valence-corrected chi connectivity index (χ4v) is 1.82. The zero-order valence-electron chi connectivity index (χ0n) is 10.3. The number of hydrogen-bond acceptors (Lipinski definition) is 0. The molecule has 0 saturated heterocycles. The topological polar surface area (TPSA) is 0 Å². The van der Waals surface area contributed by atoms with E-state index in [1.807, 2.05) is 12.1 Å². The zero-order chi connectivity index (χ0) is 11.3. The Morgan fingerprint density at radius 2 is 1.81 bits per heavy atom. The van der Waals surface area contributed by atoms with E-state index in [0.29, 0.717) is 0 Å². The van der Waals surface area contributed by atoms with Crippen LogP contribution in [0.25, 0.3) is 0 Å². The largest absolute Gasteiger partial charge is 1.00 e. The van der Waals surface area contributed by atoms with E-state index in [1.165, 1.54) is 24.9 Å². The summed E-state index contributed by atoms with van der Waals surface area (Å²) in [4.78, 5) is 0. The Kier molecular flexibility index (Phi) is 7.29. The van der Waals surface area contributed by atoms with Gasteiger partial charge in [0.25, 0.3) is 0 Å². The summed E-state index contributed by atoms with van der Waals surface area (Å²) in [7, 11) is 6.71. The lowest BCUT2D eigenvalue weighted by atomic mass is 10.1. The molecule has 1 aromatic rings. The third kappa shape index (κ3) is 7.26. The van der Waals surface area contributed by atoms with Crippen LogP contribution in [0.2, 0.25) is 5.02 Å². The molecule has 0 fully saturated rings. The Hall–Kier alpha value is -0.0500. The van der Waals surface area contributed by atoms with Gasteiger partial charge >= 0.3 is 0 Å². The van der Waals surface area contributed by atoms with Crippen LogP contribution < -0.4 is 17.0 Å². The van der Waals surface area contributed by atoms with Crippen LogP contribution in [0.15, 0.2) is 24.3 Å². The number of nitrogens with zero attached hydrogens (tertiary/aromatic N) is 1. The average Bonchev–Trinajstić information content (AvgIpc) is 2.11. The Morgan fingerprint density at radius 3 is 2.38 bits per heavy atom. The summed E-state index contributed by atoms with van der Waals surface area (Å²) in [5.41, 5.74) is 1.35. The van der Waals surface area contributed by atoms with Gasteiger partial charge in [-0.25, -0.2) is 0 Å². The molecule has 16 heavy (non-hydrogen) atoms. The highest BCUT2D eigenvalue weighted by molar-refractivity contribution is 6.30. The summed E-state index contributed by atoms with van der Waals surface area (Å²) in [6.07, 6.45) is 3.66. The molecule has 0 aliphatic carbocycles. The minimum absolute atomic E-state index is 0. The first-order valence-electron chi connectivity index (χ1n) is 5.52. The highest BCUT2D eigenvalue weighted by Crippen LogP contribution is 2.13. The molecule has 0 saturated carbocycles. The van der Waals surface area contributed by atoms with Crippen molar-refractivity contribution in [1.29, 1.82) is 0 Å². The summed E-state index contributed by atoms with van der Waals surface area (Å²) in [5, 5.41) is 0.846. The van der Waals surface area contributed by atoms with Gasteiger partial charge in [0.2, 0.25) is 0 Å². The maximum atomic E-state index is 5.93. The van der Waals surface area contributed by atoms with E-state index >= 15 is 0 Å². The van der Waals surface area contributed by atoms with Gasteiger partial charge in [0, 0.05) is 5.02 Å². The summed E-state index contributed by atoms with van der Waals surface area (Å²) in [6.45, 7) is 1.24. The van der Waals surface area contributed by atoms with Gasteiger partial charge < -0.3 is 21.5 Å². The molecule has 0 atom stereocenters. The van der Waals surface area contributed by atoms with Crippen molar-refractivity contribution < 1.29 is 21.5 Å². The SMILES string of the molecule is C[N+](C)(C)CCCCc1cccc(Cl)c1.[Br-]. The quantitative estimate of drug-likeness (QED) is 0.545. The molecule has 0 aliphatic rings. The lowest BCUT2D eigenvalue weighted by Crippen LogP contribution is -3.00. The van der Waals surface area contributed by atoms with Gasteiger partial charge in [0.05, 0.1) is 27.7 Å². The summed E-state index contributed by atoms with van der Waals surface area (Å²) >= 11 is 5.93. The third-order valence-corrected chi connectivity index (χ3v) is 2.67. The van der Waals surface area contributed by atoms with E-state index in [9.17, 15) is 0 Å². The van der Waals surface area contributed by atoms with Crippen LogP contribution >= 0.6 is 11.6 Å². The van der Waals surface area contributed by atoms with Crippen LogP contribution in [-0.2, 0) is 6.42 Å². The second kappa shape index (κ2) is 7.31. The standard InChI is InChI=1S/C13H21ClN.BrH/c1-15(2,3)10-5-4-7-12-8-6-9-13(14)11-12;/h6,8-9,11H,4-5,7,10H2,1-3H3;1H/q+1;/p-1. The van der Waals surface area contributed by atoms with E-state index < -0.39 is 0 Å². The van der Waals surface area contributed by atoms with E-state index in [2.05, 4.69) is 33.3 Å². The van der Waals surface area contributed by atoms with Gasteiger partial charge in [-0.2, -0.15) is 0 Å². The van der Waals surface area contributed by atoms with Gasteiger partial charge in [0.1, 0.15) is 0 Å². The molecule has 0 radical (unpaired) electrons. The molecule has 3 heteroatoms. The summed E-state index contributed by atoms with van der Waals surface area (Å²) in [5.74, 6) is 0. The van der Waals surface area contributed by atoms with E-state index in [-0.39, 0.29) is 17.0 Å². The van der Waals surface area contributed by atoms with Crippen LogP contribution in [0.4, 0.5) is 0 Å². The molecular weight excluding hydrogens is 286 g/mol. The van der Waals surface area contributed by atoms with Crippen LogP contribution in [0.5, 0.6) is 0 Å². The molecule has 0 amide bonds. The average molecular weight is 307 g/mol. The fourth-order valence-electron chi connectivity index (χ4n) is 1.61. The van der Waals surface area contributed by atoms with Gasteiger partial charge in [0.15, 0.2) is 0 Å². The molecule has 1 rings (SSSR count). The Bertz CT molecular complexity index is 307. The molecule has 0 unspecified atom stereocenters. The number of halogens is 2. The smallest absolute Gasteiger partial charge is 0.0780 e. The van der Waals surface area contributed by atoms with E-state index in [0.717, 1.165) is 15.9 Å². The van der Waals surface area contributed by atoms with Crippen molar-refractivity contribution in [2.75, 3.05) is 27.7 Å². The molecule has 1 nitrogen and oxygen atoms in total. The molecule has 0 aromatic heterocycles. The fraction of sp³-hybridized carbons (Fsp3) is 0.538. The van der Waals surface area contributed by atoms with Crippen LogP contribution in [-0.4, -0.2) is 32.2 Å². The van der Waals surface area contributed by atoms with Gasteiger partial charge in [-0.05, 0) is 37.0 Å². The lowest BCUT2D eigenvalue weighted by molar-refractivity contribution is -0.870. The summed E-state index contributed by atoms with van der Waals surface area (Å²) in [6, 6.07) is 8.17. The molecule has 0 heterocycles. The monoisotopic (exact) mass is 305 g/mol. The molecule has 1 aromatic carbocycles. The van der Waals surface area contributed by atoms with Gasteiger partial charge in [-0.1, -0.05) is 23.7 Å². The van der Waals surface area contributed by atoms with Gasteiger partial charge in [-0.15, -0.1) is 0 Å². The third-order valence-electron chi connectivity index (χ3n) is 2.43. The number of quaternary nitrogens is 1. The van der Waals surface area contributed by atoms with E-state index in [1.54, 1.807) is 0 Å². The number of benzene rings is 1. The molecule has 0 bridgehead atoms. The highest BCUT2D eigenvalue weighted by Gasteiger charge is 2.05. The second-order valence-electron chi connectivity index (χ2n) is 5.10. The Morgan fingerprint density at radius 1 is 1.12 bits per heavy atom. The van der Waals surface area contributed by atoms with Crippen molar-refractivity contribution in [2.45, 2.75) is 19.3 Å². The number of rotatable bonds is 5. The van der Waals surface area contributed by atoms with Crippen molar-refractivity contribution in [3.05, 3.63) is 34.9 Å². The number of aryl methyl sites for hydroxylation is 1. The van der Waals surface area contributed by atoms with Crippen LogP contribution in [0.1, 0.15) is 18.4 Å². The minimum Gasteiger partial charge on any atom is -1.00 e. The van der Waals surface area contributed by atoms with Crippen LogP contribution in [0.3, 0.4) is 0 Å². The predicted octanol–water partition coefficient (Wildman–Crippen LogP) is 0.373. The Balaban J connectivity index is 0.00000225. The molecule has 0 aliphatic heterocycles. The van der Waals surface area contributed by atoms with Crippen molar-refractivity contribution in [3.63, 3.8) is 0 Å². The molecular formula is C13H21BrClN. The first kappa shape index (κ1) is 16.0. The lowest BCUT2D eigenvalue weighted by Gasteiger charge is -2.23. The van der Waals surface area contributed by atoms with E-state index in [4.69, 9.17) is 11.6 Å². The molecule has 0 spiro atoms. The van der Waals surface area contributed by atoms with Crippen molar-refractivity contribution >= 4 is 11.6 Å². The van der Waals surface area contributed by atoms with Crippen LogP contribution in [0, 0.1) is 0 Å². The first-order valence-corrected chi connectivity index (χ1v) is 5.90. The maximum Gasteiger partial charge on any atom is 0.0780 e. The molecule has 0 N–H and O–H groups in total. The maximum absolute atomic E-state index is 5.93. The Labute approximate surface area is 115 Å². The first-order chi connectivity index (χ1) is 6.97. The van der Waals surface area contributed by atoms with Gasteiger partial charge in [-0.3, -0.25) is 0 Å². The molecule has 92 valence electrons. The predicted molar refractivity (Wildman–Crippen MR) is 67.3 cm³/mol. The zero-order valence-corrected chi connectivity index (χ0v) is 12.7. The minimum atomic E-state index is 0.